The first-order valence-corrected chi connectivity index (χ1v) is 12.4. The molecule has 1 aliphatic carbocycles. The fourth-order valence-corrected chi connectivity index (χ4v) is 4.65. The molecule has 4 rings (SSSR count). The molecule has 0 spiro atoms. The van der Waals surface area contributed by atoms with Crippen LogP contribution in [0.1, 0.15) is 95.2 Å². The predicted molar refractivity (Wildman–Crippen MR) is 140 cm³/mol. The summed E-state index contributed by atoms with van der Waals surface area (Å²) in [5.41, 5.74) is 3.99. The van der Waals surface area contributed by atoms with Gasteiger partial charge in [-0.05, 0) is 87.8 Å². The third kappa shape index (κ3) is 5.69. The van der Waals surface area contributed by atoms with Crippen molar-refractivity contribution in [2.75, 3.05) is 0 Å². The van der Waals surface area contributed by atoms with Crippen LogP contribution in [0, 0.1) is 6.92 Å². The summed E-state index contributed by atoms with van der Waals surface area (Å²) in [6.07, 6.45) is 9.99. The molecule has 1 aromatic carbocycles. The predicted octanol–water partition coefficient (Wildman–Crippen LogP) is 6.20. The minimum Gasteiger partial charge on any atom is -0.456 e. The molecular weight excluding hydrogens is 440 g/mol. The number of benzene rings is 1. The van der Waals surface area contributed by atoms with Gasteiger partial charge in [-0.15, -0.1) is 0 Å². The van der Waals surface area contributed by atoms with Crippen LogP contribution in [0.5, 0.6) is 0 Å². The molecule has 1 atom stereocenters. The van der Waals surface area contributed by atoms with Gasteiger partial charge in [-0.3, -0.25) is 14.5 Å². The lowest BCUT2D eigenvalue weighted by atomic mass is 9.91. The number of hydrogen-bond acceptors (Lipinski definition) is 6. The molecule has 0 radical (unpaired) electrons. The molecule has 2 heterocycles. The second kappa shape index (κ2) is 10.5. The van der Waals surface area contributed by atoms with E-state index in [2.05, 4.69) is 4.99 Å². The molecule has 0 N–H and O–H groups in total. The standard InChI is InChI=1S/C27H30N2O4.C2H6.H2/c1-16-19-10-9-18(21(19)12-11-20(16)26(32)33-27(3,4)5)14-24(31)22-15-23(17(2)30)29-13-7-6-8-25(29)28-22;1-2;/h7-8,11-13,15,18H,6,9-10,14H2,1-5H3;1-2H3;1H. The molecule has 0 aromatic heterocycles. The van der Waals surface area contributed by atoms with Gasteiger partial charge in [-0.25, -0.2) is 9.79 Å². The number of rotatable bonds is 5. The molecule has 0 fully saturated rings. The smallest absolute Gasteiger partial charge is 0.338 e. The van der Waals surface area contributed by atoms with Crippen LogP contribution in [0.3, 0.4) is 0 Å². The maximum Gasteiger partial charge on any atom is 0.338 e. The highest BCUT2D eigenvalue weighted by Crippen LogP contribution is 2.39. The van der Waals surface area contributed by atoms with E-state index in [0.717, 1.165) is 36.0 Å². The van der Waals surface area contributed by atoms with Crippen molar-refractivity contribution in [3.05, 3.63) is 70.3 Å². The summed E-state index contributed by atoms with van der Waals surface area (Å²) in [7, 11) is 0. The Morgan fingerprint density at radius 1 is 1.20 bits per heavy atom. The molecular formula is C29H38N2O4. The highest BCUT2D eigenvalue weighted by molar-refractivity contribution is 6.45. The largest absolute Gasteiger partial charge is 0.456 e. The van der Waals surface area contributed by atoms with Crippen molar-refractivity contribution in [1.82, 2.24) is 4.90 Å². The van der Waals surface area contributed by atoms with Crippen molar-refractivity contribution in [3.63, 3.8) is 0 Å². The number of ether oxygens (including phenoxy) is 1. The summed E-state index contributed by atoms with van der Waals surface area (Å²) in [6, 6.07) is 3.77. The highest BCUT2D eigenvalue weighted by Gasteiger charge is 2.31. The maximum absolute atomic E-state index is 13.2. The van der Waals surface area contributed by atoms with E-state index < -0.39 is 5.60 Å². The molecule has 6 nitrogen and oxygen atoms in total. The van der Waals surface area contributed by atoms with E-state index in [1.165, 1.54) is 6.92 Å². The van der Waals surface area contributed by atoms with Crippen molar-refractivity contribution < 1.29 is 20.5 Å². The van der Waals surface area contributed by atoms with Crippen LogP contribution < -0.4 is 0 Å². The van der Waals surface area contributed by atoms with Crippen molar-refractivity contribution in [3.8, 4) is 0 Å². The Kier molecular flexibility index (Phi) is 7.93. The Morgan fingerprint density at radius 3 is 2.57 bits per heavy atom. The molecule has 6 heteroatoms. The van der Waals surface area contributed by atoms with Gasteiger partial charge < -0.3 is 4.74 Å². The van der Waals surface area contributed by atoms with E-state index in [1.807, 2.05) is 72.0 Å². The molecule has 1 unspecified atom stereocenters. The van der Waals surface area contributed by atoms with E-state index in [4.69, 9.17) is 4.74 Å². The first kappa shape index (κ1) is 26.3. The Balaban J connectivity index is 0.00000148. The van der Waals surface area contributed by atoms with Crippen LogP contribution in [-0.2, 0) is 20.7 Å². The normalized spacial score (nSPS) is 18.3. The number of fused-ring (bicyclic) bond motifs is 2. The number of esters is 1. The van der Waals surface area contributed by atoms with Gasteiger partial charge >= 0.3 is 5.97 Å². The number of carbonyl (C=O) groups excluding carboxylic acids is 3. The topological polar surface area (TPSA) is 76.0 Å². The van der Waals surface area contributed by atoms with Crippen molar-refractivity contribution in [2.45, 2.75) is 85.7 Å². The van der Waals surface area contributed by atoms with Crippen molar-refractivity contribution >= 4 is 23.2 Å². The van der Waals surface area contributed by atoms with E-state index in [1.54, 1.807) is 11.0 Å². The Bertz CT molecular complexity index is 1170. The van der Waals surface area contributed by atoms with E-state index in [-0.39, 0.29) is 24.9 Å². The molecule has 1 aromatic rings. The summed E-state index contributed by atoms with van der Waals surface area (Å²) >= 11 is 0. The maximum atomic E-state index is 13.2. The van der Waals surface area contributed by atoms with Crippen LogP contribution >= 0.6 is 0 Å². The summed E-state index contributed by atoms with van der Waals surface area (Å²) in [5, 5.41) is 0. The van der Waals surface area contributed by atoms with Crippen molar-refractivity contribution in [2.24, 2.45) is 4.99 Å². The Morgan fingerprint density at radius 2 is 1.91 bits per heavy atom. The summed E-state index contributed by atoms with van der Waals surface area (Å²) in [4.78, 5) is 44.2. The van der Waals surface area contributed by atoms with E-state index >= 15 is 0 Å². The number of carbonyl (C=O) groups is 3. The van der Waals surface area contributed by atoms with Crippen molar-refractivity contribution in [1.29, 1.82) is 0 Å². The summed E-state index contributed by atoms with van der Waals surface area (Å²) < 4.78 is 5.55. The first-order valence-electron chi connectivity index (χ1n) is 12.4. The molecule has 0 bridgehead atoms. The fraction of sp³-hybridized carbons (Fsp3) is 0.448. The number of aliphatic imine (C=N–C) groups is 1. The zero-order valence-electron chi connectivity index (χ0n) is 21.9. The molecule has 2 aliphatic heterocycles. The summed E-state index contributed by atoms with van der Waals surface area (Å²) in [6.45, 7) is 13.0. The lowest BCUT2D eigenvalue weighted by molar-refractivity contribution is -0.114. The van der Waals surface area contributed by atoms with Crippen LogP contribution in [0.4, 0.5) is 0 Å². The van der Waals surface area contributed by atoms with E-state index in [9.17, 15) is 14.4 Å². The van der Waals surface area contributed by atoms with Crippen LogP contribution in [-0.4, -0.2) is 33.7 Å². The summed E-state index contributed by atoms with van der Waals surface area (Å²) in [5.74, 6) is 0.187. The average Bonchev–Trinajstić information content (AvgIpc) is 3.22. The lowest BCUT2D eigenvalue weighted by Crippen LogP contribution is -2.29. The number of allylic oxidation sites excluding steroid dienone is 4. The zero-order chi connectivity index (χ0) is 25.9. The van der Waals surface area contributed by atoms with Gasteiger partial charge in [-0.2, -0.15) is 0 Å². The van der Waals surface area contributed by atoms with Crippen LogP contribution in [0.2, 0.25) is 0 Å². The van der Waals surface area contributed by atoms with Gasteiger partial charge in [0.25, 0.3) is 0 Å². The SMILES string of the molecule is CC.CC(=O)C1=CC(C(=O)CC2CCc3c2ccc(C(=O)OC(C)(C)C)c3C)=NC2=CCC=CN21.[HH]. The molecule has 0 amide bonds. The Labute approximate surface area is 209 Å². The van der Waals surface area contributed by atoms with Gasteiger partial charge in [0.1, 0.15) is 17.1 Å². The zero-order valence-corrected chi connectivity index (χ0v) is 21.9. The number of hydrogen-bond donors (Lipinski definition) is 0. The molecule has 0 saturated carbocycles. The van der Waals surface area contributed by atoms with Gasteiger partial charge in [0, 0.05) is 21.0 Å². The van der Waals surface area contributed by atoms with Crippen LogP contribution in [0.25, 0.3) is 0 Å². The second-order valence-corrected chi connectivity index (χ2v) is 9.81. The van der Waals surface area contributed by atoms with Crippen LogP contribution in [0.15, 0.2) is 53.1 Å². The second-order valence-electron chi connectivity index (χ2n) is 9.81. The lowest BCUT2D eigenvalue weighted by Gasteiger charge is -2.28. The van der Waals surface area contributed by atoms with Gasteiger partial charge in [0.15, 0.2) is 11.6 Å². The molecule has 188 valence electrons. The molecule has 0 saturated heterocycles. The highest BCUT2D eigenvalue weighted by atomic mass is 16.6. The van der Waals surface area contributed by atoms with Gasteiger partial charge in [0.05, 0.1) is 11.3 Å². The quantitative estimate of drug-likeness (QED) is 0.471. The van der Waals surface area contributed by atoms with Gasteiger partial charge in [0.2, 0.25) is 0 Å². The average molecular weight is 479 g/mol. The third-order valence-corrected chi connectivity index (χ3v) is 6.22. The molecule has 35 heavy (non-hydrogen) atoms. The minimum atomic E-state index is -0.552. The monoisotopic (exact) mass is 478 g/mol. The minimum absolute atomic E-state index is 0. The first-order chi connectivity index (χ1) is 16.5. The molecule has 3 aliphatic rings. The van der Waals surface area contributed by atoms with Gasteiger partial charge in [-0.1, -0.05) is 26.0 Å². The number of ketones is 2. The number of Topliss-reactive ketones (excluding diaryl/α,β-unsaturated/α-hetero) is 2. The Hall–Kier alpha value is -3.28. The third-order valence-electron chi connectivity index (χ3n) is 6.22. The number of nitrogens with zero attached hydrogens (tertiary/aromatic N) is 2. The fourth-order valence-electron chi connectivity index (χ4n) is 4.65. The van der Waals surface area contributed by atoms with E-state index in [0.29, 0.717) is 29.2 Å².